The van der Waals surface area contributed by atoms with Crippen LogP contribution in [0, 0.1) is 5.82 Å². The molecule has 92 valence electrons. The fourth-order valence-electron chi connectivity index (χ4n) is 1.50. The summed E-state index contributed by atoms with van der Waals surface area (Å²) in [6.45, 7) is 0. The van der Waals surface area contributed by atoms with Crippen LogP contribution >= 0.6 is 23.2 Å². The highest BCUT2D eigenvalue weighted by atomic mass is 35.5. The van der Waals surface area contributed by atoms with E-state index in [0.29, 0.717) is 0 Å². The van der Waals surface area contributed by atoms with E-state index in [2.05, 4.69) is 0 Å². The molecule has 0 saturated heterocycles. The van der Waals surface area contributed by atoms with E-state index >= 15 is 0 Å². The van der Waals surface area contributed by atoms with Crippen molar-refractivity contribution < 1.29 is 14.3 Å². The summed E-state index contributed by atoms with van der Waals surface area (Å²) in [7, 11) is 0. The van der Waals surface area contributed by atoms with Crippen LogP contribution in [-0.2, 0) is 0 Å². The minimum atomic E-state index is -0.512. The van der Waals surface area contributed by atoms with Crippen LogP contribution in [0.1, 0.15) is 15.9 Å². The van der Waals surface area contributed by atoms with Crippen molar-refractivity contribution >= 4 is 29.0 Å². The van der Waals surface area contributed by atoms with Gasteiger partial charge in [0.2, 0.25) is 0 Å². The molecule has 0 aliphatic carbocycles. The maximum atomic E-state index is 13.0. The van der Waals surface area contributed by atoms with Crippen molar-refractivity contribution in [3.63, 3.8) is 0 Å². The molecule has 0 heterocycles. The van der Waals surface area contributed by atoms with Crippen molar-refractivity contribution in [2.24, 2.45) is 0 Å². The molecule has 0 aliphatic heterocycles. The molecule has 2 nitrogen and oxygen atoms in total. The smallest absolute Gasteiger partial charge is 0.194 e. The number of halogens is 3. The number of hydrogen-bond donors (Lipinski definition) is 1. The Hall–Kier alpha value is -1.58. The molecule has 0 saturated carbocycles. The van der Waals surface area contributed by atoms with Crippen molar-refractivity contribution in [3.05, 3.63) is 63.4 Å². The Kier molecular flexibility index (Phi) is 3.55. The fraction of sp³-hybridized carbons (Fsp3) is 0. The molecule has 2 aromatic carbocycles. The predicted molar refractivity (Wildman–Crippen MR) is 68.0 cm³/mol. The third-order valence-electron chi connectivity index (χ3n) is 2.39. The first kappa shape index (κ1) is 12.9. The first-order valence-electron chi connectivity index (χ1n) is 4.98. The van der Waals surface area contributed by atoms with E-state index in [9.17, 15) is 14.3 Å². The number of carbonyl (C=O) groups is 1. The third-order valence-corrected chi connectivity index (χ3v) is 3.27. The van der Waals surface area contributed by atoms with Crippen LogP contribution in [0.2, 0.25) is 10.0 Å². The molecular formula is C13H7Cl2FO2. The van der Waals surface area contributed by atoms with Gasteiger partial charge in [0.05, 0.1) is 5.02 Å². The average molecular weight is 285 g/mol. The van der Waals surface area contributed by atoms with Gasteiger partial charge in [-0.3, -0.25) is 4.79 Å². The van der Waals surface area contributed by atoms with Crippen LogP contribution in [0.5, 0.6) is 5.75 Å². The van der Waals surface area contributed by atoms with Gasteiger partial charge >= 0.3 is 0 Å². The number of ketones is 1. The summed E-state index contributed by atoms with van der Waals surface area (Å²) in [4.78, 5) is 12.1. The van der Waals surface area contributed by atoms with Gasteiger partial charge in [0.15, 0.2) is 5.78 Å². The zero-order valence-corrected chi connectivity index (χ0v) is 10.5. The molecule has 1 N–H and O–H groups in total. The summed E-state index contributed by atoms with van der Waals surface area (Å²) < 4.78 is 13.0. The molecule has 0 aliphatic rings. The van der Waals surface area contributed by atoms with E-state index in [1.165, 1.54) is 30.3 Å². The number of carbonyl (C=O) groups excluding carboxylic acids is 1. The lowest BCUT2D eigenvalue weighted by Gasteiger charge is -2.06. The average Bonchev–Trinajstić information content (AvgIpc) is 2.35. The Balaban J connectivity index is 2.50. The van der Waals surface area contributed by atoms with Gasteiger partial charge in [-0.2, -0.15) is 0 Å². The minimum Gasteiger partial charge on any atom is -0.506 e. The number of phenolic OH excluding ortho intramolecular Hbond substituents is 1. The highest BCUT2D eigenvalue weighted by Gasteiger charge is 2.17. The molecule has 0 radical (unpaired) electrons. The summed E-state index contributed by atoms with van der Waals surface area (Å²) in [5.74, 6) is -1.18. The van der Waals surface area contributed by atoms with Crippen molar-refractivity contribution in [3.8, 4) is 5.75 Å². The lowest BCUT2D eigenvalue weighted by molar-refractivity contribution is 0.103. The molecule has 2 aromatic rings. The van der Waals surface area contributed by atoms with Gasteiger partial charge in [0, 0.05) is 11.1 Å². The molecule has 5 heteroatoms. The summed E-state index contributed by atoms with van der Waals surface area (Å²) in [5.41, 5.74) is 0.281. The second kappa shape index (κ2) is 4.96. The van der Waals surface area contributed by atoms with Crippen LogP contribution < -0.4 is 0 Å². The molecule has 18 heavy (non-hydrogen) atoms. The largest absolute Gasteiger partial charge is 0.506 e. The van der Waals surface area contributed by atoms with Gasteiger partial charge in [-0.25, -0.2) is 4.39 Å². The zero-order valence-electron chi connectivity index (χ0n) is 8.95. The minimum absolute atomic E-state index is 0.0501. The van der Waals surface area contributed by atoms with Gasteiger partial charge in [-0.15, -0.1) is 0 Å². The van der Waals surface area contributed by atoms with Crippen molar-refractivity contribution in [1.82, 2.24) is 0 Å². The molecule has 0 bridgehead atoms. The van der Waals surface area contributed by atoms with Gasteiger partial charge in [-0.05, 0) is 24.3 Å². The Morgan fingerprint density at radius 1 is 1.11 bits per heavy atom. The first-order chi connectivity index (χ1) is 8.50. The van der Waals surface area contributed by atoms with Gasteiger partial charge in [0.25, 0.3) is 0 Å². The van der Waals surface area contributed by atoms with Crippen LogP contribution in [-0.4, -0.2) is 10.9 Å². The summed E-state index contributed by atoms with van der Waals surface area (Å²) in [6.07, 6.45) is 0. The van der Waals surface area contributed by atoms with Gasteiger partial charge < -0.3 is 5.11 Å². The first-order valence-corrected chi connectivity index (χ1v) is 5.73. The Morgan fingerprint density at radius 3 is 2.50 bits per heavy atom. The SMILES string of the molecule is O=C(c1cccc(F)c1)c1ccc(O)c(Cl)c1Cl. The third kappa shape index (κ3) is 2.33. The molecule has 0 atom stereocenters. The molecule has 0 amide bonds. The number of rotatable bonds is 2. The molecule has 0 spiro atoms. The highest BCUT2D eigenvalue weighted by molar-refractivity contribution is 6.45. The van der Waals surface area contributed by atoms with Crippen LogP contribution in [0.3, 0.4) is 0 Å². The van der Waals surface area contributed by atoms with Crippen LogP contribution in [0.25, 0.3) is 0 Å². The lowest BCUT2D eigenvalue weighted by atomic mass is 10.0. The van der Waals surface area contributed by atoms with Crippen molar-refractivity contribution in [2.75, 3.05) is 0 Å². The van der Waals surface area contributed by atoms with Gasteiger partial charge in [0.1, 0.15) is 16.6 Å². The summed E-state index contributed by atoms with van der Waals surface area (Å²) in [6, 6.07) is 7.86. The highest BCUT2D eigenvalue weighted by Crippen LogP contribution is 2.34. The van der Waals surface area contributed by atoms with Crippen molar-refractivity contribution in [2.45, 2.75) is 0 Å². The summed E-state index contributed by atoms with van der Waals surface area (Å²) in [5, 5.41) is 9.19. The second-order valence-corrected chi connectivity index (χ2v) is 4.36. The fourth-order valence-corrected chi connectivity index (χ4v) is 1.91. The second-order valence-electron chi connectivity index (χ2n) is 3.60. The normalized spacial score (nSPS) is 10.4. The quantitative estimate of drug-likeness (QED) is 0.844. The Labute approximate surface area is 113 Å². The van der Waals surface area contributed by atoms with E-state index in [0.717, 1.165) is 6.07 Å². The molecular weight excluding hydrogens is 278 g/mol. The molecule has 0 fully saturated rings. The van der Waals surface area contributed by atoms with E-state index in [1.54, 1.807) is 0 Å². The van der Waals surface area contributed by atoms with Crippen LogP contribution in [0.4, 0.5) is 4.39 Å². The Morgan fingerprint density at radius 2 is 1.83 bits per heavy atom. The predicted octanol–water partition coefficient (Wildman–Crippen LogP) is 4.07. The van der Waals surface area contributed by atoms with E-state index < -0.39 is 11.6 Å². The standard InChI is InChI=1S/C13H7Cl2FO2/c14-11-9(4-5-10(17)12(11)15)13(18)7-2-1-3-8(16)6-7/h1-6,17H. The molecule has 2 rings (SSSR count). The lowest BCUT2D eigenvalue weighted by Crippen LogP contribution is -2.02. The number of aromatic hydroxyl groups is 1. The maximum absolute atomic E-state index is 13.0. The number of phenols is 1. The van der Waals surface area contributed by atoms with E-state index in [4.69, 9.17) is 23.2 Å². The maximum Gasteiger partial charge on any atom is 0.194 e. The monoisotopic (exact) mass is 284 g/mol. The zero-order chi connectivity index (χ0) is 13.3. The topological polar surface area (TPSA) is 37.3 Å². The van der Waals surface area contributed by atoms with Crippen molar-refractivity contribution in [1.29, 1.82) is 0 Å². The van der Waals surface area contributed by atoms with E-state index in [1.807, 2.05) is 0 Å². The number of hydrogen-bond acceptors (Lipinski definition) is 2. The van der Waals surface area contributed by atoms with Crippen LogP contribution in [0.15, 0.2) is 36.4 Å². The molecule has 0 unspecified atom stereocenters. The number of benzene rings is 2. The summed E-state index contributed by atoms with van der Waals surface area (Å²) >= 11 is 11.6. The Bertz CT molecular complexity index is 626. The van der Waals surface area contributed by atoms with E-state index in [-0.39, 0.29) is 26.9 Å². The van der Waals surface area contributed by atoms with Gasteiger partial charge in [-0.1, -0.05) is 35.3 Å². The molecule has 0 aromatic heterocycles.